The molecule has 1 heterocycles. The van der Waals surface area contributed by atoms with Gasteiger partial charge in [0.15, 0.2) is 0 Å². The Morgan fingerprint density at radius 1 is 1.32 bits per heavy atom. The number of hydrogen-bond donors (Lipinski definition) is 2. The molecule has 1 amide bonds. The summed E-state index contributed by atoms with van der Waals surface area (Å²) in [7, 11) is 0. The van der Waals surface area contributed by atoms with Crippen molar-refractivity contribution in [2.75, 3.05) is 5.32 Å². The first kappa shape index (κ1) is 18.3. The molecule has 0 saturated carbocycles. The number of halogens is 1. The summed E-state index contributed by atoms with van der Waals surface area (Å²) in [6.45, 7) is 7.89. The van der Waals surface area contributed by atoms with Crippen LogP contribution in [0.2, 0.25) is 0 Å². The van der Waals surface area contributed by atoms with Crippen molar-refractivity contribution in [3.63, 3.8) is 0 Å². The Labute approximate surface area is 124 Å². The molecule has 3 N–H and O–H groups in total. The Kier molecular flexibility index (Phi) is 8.13. The smallest absolute Gasteiger partial charge is 0.230 e. The summed E-state index contributed by atoms with van der Waals surface area (Å²) in [5, 5.41) is 12.5. The number of anilines is 1. The Hall–Kier alpha value is -0.720. The van der Waals surface area contributed by atoms with Crippen LogP contribution in [0.5, 0.6) is 0 Å². The fourth-order valence-corrected chi connectivity index (χ4v) is 2.56. The molecule has 5 nitrogen and oxygen atoms in total. The van der Waals surface area contributed by atoms with Gasteiger partial charge in [0.1, 0.15) is 5.01 Å². The monoisotopic (exact) mass is 306 g/mol. The lowest BCUT2D eigenvalue weighted by Gasteiger charge is -2.13. The summed E-state index contributed by atoms with van der Waals surface area (Å²) in [6.07, 6.45) is 2.07. The number of nitrogens with one attached hydrogen (secondary N) is 1. The summed E-state index contributed by atoms with van der Waals surface area (Å²) in [5.74, 6) is 0.0988. The molecule has 1 rings (SSSR count). The van der Waals surface area contributed by atoms with Gasteiger partial charge in [-0.1, -0.05) is 32.1 Å². The second-order valence-corrected chi connectivity index (χ2v) is 5.61. The molecule has 110 valence electrons. The van der Waals surface area contributed by atoms with E-state index < -0.39 is 0 Å². The van der Waals surface area contributed by atoms with Gasteiger partial charge in [-0.2, -0.15) is 0 Å². The normalized spacial score (nSPS) is 13.8. The fourth-order valence-electron chi connectivity index (χ4n) is 1.55. The first-order chi connectivity index (χ1) is 8.49. The maximum atomic E-state index is 11.8. The van der Waals surface area contributed by atoms with Gasteiger partial charge < -0.3 is 11.1 Å². The molecule has 0 spiro atoms. The maximum Gasteiger partial charge on any atom is 0.230 e. The van der Waals surface area contributed by atoms with Crippen LogP contribution >= 0.6 is 23.7 Å². The third-order valence-electron chi connectivity index (χ3n) is 3.21. The van der Waals surface area contributed by atoms with Gasteiger partial charge in [-0.25, -0.2) is 0 Å². The fraction of sp³-hybridized carbons (Fsp3) is 0.750. The number of nitrogens with zero attached hydrogens (tertiary/aromatic N) is 2. The Morgan fingerprint density at radius 2 is 1.89 bits per heavy atom. The van der Waals surface area contributed by atoms with Crippen LogP contribution in [0.25, 0.3) is 0 Å². The summed E-state index contributed by atoms with van der Waals surface area (Å²) in [6, 6.07) is -0.170. The van der Waals surface area contributed by atoms with E-state index >= 15 is 0 Å². The first-order valence-electron chi connectivity index (χ1n) is 6.39. The van der Waals surface area contributed by atoms with Crippen LogP contribution < -0.4 is 11.1 Å². The van der Waals surface area contributed by atoms with E-state index in [1.165, 1.54) is 11.3 Å². The standard InChI is InChI=1S/C12H22N4OS.ClH/c1-5-9(6-2)11-15-16-12(18-11)14-10(17)7(3)8(4)13;/h7-9H,5-6,13H2,1-4H3,(H,14,16,17);1H. The molecule has 2 unspecified atom stereocenters. The lowest BCUT2D eigenvalue weighted by atomic mass is 10.0. The molecular formula is C12H23ClN4OS. The van der Waals surface area contributed by atoms with Crippen LogP contribution in [-0.2, 0) is 4.79 Å². The van der Waals surface area contributed by atoms with E-state index in [4.69, 9.17) is 5.73 Å². The van der Waals surface area contributed by atoms with Crippen LogP contribution in [0.3, 0.4) is 0 Å². The third-order valence-corrected chi connectivity index (χ3v) is 4.21. The minimum atomic E-state index is -0.231. The van der Waals surface area contributed by atoms with E-state index in [1.54, 1.807) is 0 Å². The first-order valence-corrected chi connectivity index (χ1v) is 7.21. The van der Waals surface area contributed by atoms with Crippen LogP contribution in [0.1, 0.15) is 51.5 Å². The van der Waals surface area contributed by atoms with E-state index in [0.29, 0.717) is 11.0 Å². The highest BCUT2D eigenvalue weighted by Crippen LogP contribution is 2.28. The van der Waals surface area contributed by atoms with Crippen LogP contribution in [0.4, 0.5) is 5.13 Å². The number of aromatic nitrogens is 2. The number of amides is 1. The topological polar surface area (TPSA) is 80.9 Å². The van der Waals surface area contributed by atoms with Crippen molar-refractivity contribution < 1.29 is 4.79 Å². The van der Waals surface area contributed by atoms with E-state index in [2.05, 4.69) is 29.4 Å². The van der Waals surface area contributed by atoms with Crippen molar-refractivity contribution in [1.82, 2.24) is 10.2 Å². The molecule has 0 radical (unpaired) electrons. The molecule has 2 atom stereocenters. The van der Waals surface area contributed by atoms with Gasteiger partial charge in [-0.15, -0.1) is 22.6 Å². The predicted octanol–water partition coefficient (Wildman–Crippen LogP) is 2.79. The van der Waals surface area contributed by atoms with E-state index in [1.807, 2.05) is 13.8 Å². The Balaban J connectivity index is 0.00000324. The van der Waals surface area contributed by atoms with Crippen molar-refractivity contribution in [2.45, 2.75) is 52.5 Å². The molecule has 0 saturated heterocycles. The van der Waals surface area contributed by atoms with Crippen molar-refractivity contribution in [1.29, 1.82) is 0 Å². The molecule has 0 fully saturated rings. The van der Waals surface area contributed by atoms with Gasteiger partial charge in [-0.05, 0) is 19.8 Å². The highest BCUT2D eigenvalue weighted by molar-refractivity contribution is 7.15. The quantitative estimate of drug-likeness (QED) is 0.847. The number of hydrogen-bond acceptors (Lipinski definition) is 5. The zero-order valence-electron chi connectivity index (χ0n) is 11.8. The lowest BCUT2D eigenvalue weighted by molar-refractivity contribution is -0.119. The van der Waals surface area contributed by atoms with E-state index in [-0.39, 0.29) is 30.3 Å². The summed E-state index contributed by atoms with van der Waals surface area (Å²) in [5.41, 5.74) is 5.69. The van der Waals surface area contributed by atoms with Gasteiger partial charge in [0.05, 0.1) is 5.92 Å². The van der Waals surface area contributed by atoms with Gasteiger partial charge in [0.2, 0.25) is 11.0 Å². The highest BCUT2D eigenvalue weighted by Gasteiger charge is 2.19. The van der Waals surface area contributed by atoms with Gasteiger partial charge >= 0.3 is 0 Å². The molecule has 1 aromatic heterocycles. The number of nitrogens with two attached hydrogens (primary N) is 1. The summed E-state index contributed by atoms with van der Waals surface area (Å²) < 4.78 is 0. The Bertz CT molecular complexity index is 393. The summed E-state index contributed by atoms with van der Waals surface area (Å²) >= 11 is 1.45. The molecular weight excluding hydrogens is 284 g/mol. The molecule has 0 aliphatic carbocycles. The van der Waals surface area contributed by atoms with Crippen molar-refractivity contribution in [3.8, 4) is 0 Å². The number of carbonyl (C=O) groups is 1. The molecule has 19 heavy (non-hydrogen) atoms. The van der Waals surface area contributed by atoms with Gasteiger partial charge in [0, 0.05) is 12.0 Å². The minimum absolute atomic E-state index is 0. The molecule has 0 aliphatic heterocycles. The maximum absolute atomic E-state index is 11.8. The second kappa shape index (κ2) is 8.45. The molecule has 0 bridgehead atoms. The van der Waals surface area contributed by atoms with Gasteiger partial charge in [-0.3, -0.25) is 4.79 Å². The largest absolute Gasteiger partial charge is 0.327 e. The Morgan fingerprint density at radius 3 is 2.37 bits per heavy atom. The van der Waals surface area contributed by atoms with E-state index in [0.717, 1.165) is 17.8 Å². The number of carbonyl (C=O) groups excluding carboxylic acids is 1. The number of rotatable bonds is 6. The zero-order chi connectivity index (χ0) is 13.7. The lowest BCUT2D eigenvalue weighted by Crippen LogP contribution is -2.34. The molecule has 1 aromatic rings. The second-order valence-electron chi connectivity index (χ2n) is 4.60. The van der Waals surface area contributed by atoms with Crippen LogP contribution in [0.15, 0.2) is 0 Å². The third kappa shape index (κ3) is 5.04. The SMILES string of the molecule is CCC(CC)c1nnc(NC(=O)C(C)C(C)N)s1.Cl. The average molecular weight is 307 g/mol. The van der Waals surface area contributed by atoms with Crippen molar-refractivity contribution in [3.05, 3.63) is 5.01 Å². The van der Waals surface area contributed by atoms with E-state index in [9.17, 15) is 4.79 Å². The van der Waals surface area contributed by atoms with Crippen molar-refractivity contribution >= 4 is 34.8 Å². The zero-order valence-corrected chi connectivity index (χ0v) is 13.5. The highest BCUT2D eigenvalue weighted by atomic mass is 35.5. The van der Waals surface area contributed by atoms with Crippen LogP contribution in [-0.4, -0.2) is 22.1 Å². The summed E-state index contributed by atoms with van der Waals surface area (Å²) in [4.78, 5) is 11.8. The van der Waals surface area contributed by atoms with Gasteiger partial charge in [0.25, 0.3) is 0 Å². The van der Waals surface area contributed by atoms with Crippen molar-refractivity contribution in [2.24, 2.45) is 11.7 Å². The molecule has 0 aromatic carbocycles. The molecule has 7 heteroatoms. The molecule has 0 aliphatic rings. The van der Waals surface area contributed by atoms with Crippen LogP contribution in [0, 0.1) is 5.92 Å². The predicted molar refractivity (Wildman–Crippen MR) is 81.9 cm³/mol. The minimum Gasteiger partial charge on any atom is -0.327 e. The average Bonchev–Trinajstić information content (AvgIpc) is 2.78.